The predicted octanol–water partition coefficient (Wildman–Crippen LogP) is 3.46. The summed E-state index contributed by atoms with van der Waals surface area (Å²) in [6.07, 6.45) is 2.33. The third-order valence-corrected chi connectivity index (χ3v) is 4.73. The lowest BCUT2D eigenvalue weighted by Crippen LogP contribution is -2.30. The number of hydrogen-bond donors (Lipinski definition) is 1. The van der Waals surface area contributed by atoms with Crippen LogP contribution < -0.4 is 5.32 Å². The SMILES string of the molecule is O=C(NCC1CCSCC1)c1ccc(F)c(Br)c1. The van der Waals surface area contributed by atoms with E-state index in [-0.39, 0.29) is 11.7 Å². The fraction of sp³-hybridized carbons (Fsp3) is 0.462. The van der Waals surface area contributed by atoms with Gasteiger partial charge in [-0.2, -0.15) is 11.8 Å². The maximum atomic E-state index is 13.1. The third-order valence-electron chi connectivity index (χ3n) is 3.07. The molecule has 0 aromatic heterocycles. The van der Waals surface area contributed by atoms with Crippen LogP contribution in [0.25, 0.3) is 0 Å². The molecular formula is C13H15BrFNOS. The van der Waals surface area contributed by atoms with Gasteiger partial charge in [-0.05, 0) is 64.4 Å². The Bertz CT molecular complexity index is 435. The second kappa shape index (κ2) is 6.57. The molecule has 1 heterocycles. The lowest BCUT2D eigenvalue weighted by molar-refractivity contribution is 0.0946. The van der Waals surface area contributed by atoms with Crippen LogP contribution in [0.2, 0.25) is 0 Å². The number of thioether (sulfide) groups is 1. The van der Waals surface area contributed by atoms with Gasteiger partial charge in [0.1, 0.15) is 5.82 Å². The van der Waals surface area contributed by atoms with Crippen molar-refractivity contribution in [2.75, 3.05) is 18.1 Å². The maximum Gasteiger partial charge on any atom is 0.251 e. The Kier molecular flexibility index (Phi) is 5.06. The Morgan fingerprint density at radius 2 is 2.17 bits per heavy atom. The van der Waals surface area contributed by atoms with E-state index in [0.29, 0.717) is 22.5 Å². The van der Waals surface area contributed by atoms with Crippen LogP contribution in [0.1, 0.15) is 23.2 Å². The van der Waals surface area contributed by atoms with Gasteiger partial charge in [-0.3, -0.25) is 4.79 Å². The van der Waals surface area contributed by atoms with Crippen molar-refractivity contribution in [3.63, 3.8) is 0 Å². The van der Waals surface area contributed by atoms with Gasteiger partial charge in [-0.25, -0.2) is 4.39 Å². The normalized spacial score (nSPS) is 16.6. The van der Waals surface area contributed by atoms with E-state index in [2.05, 4.69) is 21.2 Å². The van der Waals surface area contributed by atoms with Crippen LogP contribution in [0.3, 0.4) is 0 Å². The van der Waals surface area contributed by atoms with Crippen molar-refractivity contribution in [2.24, 2.45) is 5.92 Å². The lowest BCUT2D eigenvalue weighted by Gasteiger charge is -2.21. The Labute approximate surface area is 119 Å². The molecule has 98 valence electrons. The second-order valence-electron chi connectivity index (χ2n) is 4.39. The zero-order valence-corrected chi connectivity index (χ0v) is 12.3. The van der Waals surface area contributed by atoms with Crippen LogP contribution in [0, 0.1) is 11.7 Å². The van der Waals surface area contributed by atoms with E-state index in [4.69, 9.17) is 0 Å². The minimum Gasteiger partial charge on any atom is -0.352 e. The van der Waals surface area contributed by atoms with Crippen LogP contribution in [-0.4, -0.2) is 24.0 Å². The van der Waals surface area contributed by atoms with Crippen molar-refractivity contribution >= 4 is 33.6 Å². The molecule has 0 aliphatic carbocycles. The van der Waals surface area contributed by atoms with Gasteiger partial charge in [0, 0.05) is 12.1 Å². The largest absolute Gasteiger partial charge is 0.352 e. The number of carbonyl (C=O) groups is 1. The average molecular weight is 332 g/mol. The van der Waals surface area contributed by atoms with Gasteiger partial charge < -0.3 is 5.32 Å². The topological polar surface area (TPSA) is 29.1 Å². The smallest absolute Gasteiger partial charge is 0.251 e. The van der Waals surface area contributed by atoms with Gasteiger partial charge in [0.25, 0.3) is 5.91 Å². The fourth-order valence-electron chi connectivity index (χ4n) is 1.93. The first-order valence-electron chi connectivity index (χ1n) is 5.98. The van der Waals surface area contributed by atoms with Crippen molar-refractivity contribution in [3.05, 3.63) is 34.1 Å². The molecule has 0 spiro atoms. The van der Waals surface area contributed by atoms with E-state index >= 15 is 0 Å². The van der Waals surface area contributed by atoms with E-state index in [0.717, 1.165) is 12.8 Å². The van der Waals surface area contributed by atoms with E-state index in [1.54, 1.807) is 0 Å². The number of hydrogen-bond acceptors (Lipinski definition) is 2. The molecule has 1 aliphatic rings. The van der Waals surface area contributed by atoms with Crippen LogP contribution in [-0.2, 0) is 0 Å². The number of nitrogens with one attached hydrogen (secondary N) is 1. The van der Waals surface area contributed by atoms with Crippen LogP contribution in [0.15, 0.2) is 22.7 Å². The Morgan fingerprint density at radius 1 is 1.44 bits per heavy atom. The van der Waals surface area contributed by atoms with E-state index < -0.39 is 0 Å². The molecule has 2 nitrogen and oxygen atoms in total. The van der Waals surface area contributed by atoms with E-state index in [9.17, 15) is 9.18 Å². The molecule has 1 aliphatic heterocycles. The van der Waals surface area contributed by atoms with Gasteiger partial charge >= 0.3 is 0 Å². The molecule has 0 unspecified atom stereocenters. The average Bonchev–Trinajstić information content (AvgIpc) is 2.40. The first kappa shape index (κ1) is 13.9. The molecule has 0 saturated carbocycles. The Hall–Kier alpha value is -0.550. The van der Waals surface area contributed by atoms with Gasteiger partial charge in [-0.15, -0.1) is 0 Å². The molecule has 0 atom stereocenters. The summed E-state index contributed by atoms with van der Waals surface area (Å²) in [6, 6.07) is 4.32. The van der Waals surface area contributed by atoms with Crippen LogP contribution in [0.4, 0.5) is 4.39 Å². The molecule has 0 bridgehead atoms. The van der Waals surface area contributed by atoms with Crippen LogP contribution >= 0.6 is 27.7 Å². The number of benzene rings is 1. The highest BCUT2D eigenvalue weighted by atomic mass is 79.9. The number of amides is 1. The van der Waals surface area contributed by atoms with Gasteiger partial charge in [-0.1, -0.05) is 0 Å². The molecular weight excluding hydrogens is 317 g/mol. The van der Waals surface area contributed by atoms with Crippen molar-refractivity contribution in [2.45, 2.75) is 12.8 Å². The highest BCUT2D eigenvalue weighted by molar-refractivity contribution is 9.10. The summed E-state index contributed by atoms with van der Waals surface area (Å²) in [7, 11) is 0. The quantitative estimate of drug-likeness (QED) is 0.918. The predicted molar refractivity (Wildman–Crippen MR) is 76.5 cm³/mol. The van der Waals surface area contributed by atoms with E-state index in [1.807, 2.05) is 11.8 Å². The zero-order chi connectivity index (χ0) is 13.0. The molecule has 2 rings (SSSR count). The standard InChI is InChI=1S/C13H15BrFNOS/c14-11-7-10(1-2-12(11)15)13(17)16-8-9-3-5-18-6-4-9/h1-2,7,9H,3-6,8H2,(H,16,17). The van der Waals surface area contributed by atoms with Crippen molar-refractivity contribution in [3.8, 4) is 0 Å². The summed E-state index contributed by atoms with van der Waals surface area (Å²) in [6.45, 7) is 0.717. The highest BCUT2D eigenvalue weighted by Gasteiger charge is 2.15. The summed E-state index contributed by atoms with van der Waals surface area (Å²) < 4.78 is 13.4. The van der Waals surface area contributed by atoms with Crippen molar-refractivity contribution in [1.82, 2.24) is 5.32 Å². The summed E-state index contributed by atoms with van der Waals surface area (Å²) in [5.74, 6) is 2.47. The molecule has 1 N–H and O–H groups in total. The molecule has 18 heavy (non-hydrogen) atoms. The summed E-state index contributed by atoms with van der Waals surface area (Å²) in [5, 5.41) is 2.92. The molecule has 1 amide bonds. The first-order chi connectivity index (χ1) is 8.66. The van der Waals surface area contributed by atoms with Gasteiger partial charge in [0.2, 0.25) is 0 Å². The highest BCUT2D eigenvalue weighted by Crippen LogP contribution is 2.22. The third kappa shape index (κ3) is 3.72. The Morgan fingerprint density at radius 3 is 2.83 bits per heavy atom. The minimum absolute atomic E-state index is 0.131. The monoisotopic (exact) mass is 331 g/mol. The molecule has 0 radical (unpaired) electrons. The van der Waals surface area contributed by atoms with Crippen LogP contribution in [0.5, 0.6) is 0 Å². The summed E-state index contributed by atoms with van der Waals surface area (Å²) in [5.41, 5.74) is 0.494. The number of halogens is 2. The number of carbonyl (C=O) groups excluding carboxylic acids is 1. The molecule has 1 saturated heterocycles. The fourth-order valence-corrected chi connectivity index (χ4v) is 3.51. The van der Waals surface area contributed by atoms with Gasteiger partial charge in [0.05, 0.1) is 4.47 Å². The maximum absolute atomic E-state index is 13.1. The molecule has 1 aromatic carbocycles. The first-order valence-corrected chi connectivity index (χ1v) is 7.92. The zero-order valence-electron chi connectivity index (χ0n) is 9.92. The summed E-state index contributed by atoms with van der Waals surface area (Å²) in [4.78, 5) is 11.9. The number of rotatable bonds is 3. The second-order valence-corrected chi connectivity index (χ2v) is 6.47. The van der Waals surface area contributed by atoms with Crippen molar-refractivity contribution < 1.29 is 9.18 Å². The Balaban J connectivity index is 1.88. The van der Waals surface area contributed by atoms with E-state index in [1.165, 1.54) is 29.7 Å². The molecule has 1 fully saturated rings. The minimum atomic E-state index is -0.351. The molecule has 5 heteroatoms. The summed E-state index contributed by atoms with van der Waals surface area (Å²) >= 11 is 5.06. The lowest BCUT2D eigenvalue weighted by atomic mass is 10.0. The van der Waals surface area contributed by atoms with Gasteiger partial charge in [0.15, 0.2) is 0 Å². The molecule has 1 aromatic rings. The van der Waals surface area contributed by atoms with Crippen molar-refractivity contribution in [1.29, 1.82) is 0 Å².